The van der Waals surface area contributed by atoms with Gasteiger partial charge < -0.3 is 10.1 Å². The molecule has 0 aliphatic heterocycles. The maximum Gasteiger partial charge on any atom is 0.261 e. The van der Waals surface area contributed by atoms with Crippen LogP contribution in [0.3, 0.4) is 0 Å². The van der Waals surface area contributed by atoms with Crippen LogP contribution >= 0.6 is 11.3 Å². The van der Waals surface area contributed by atoms with Crippen molar-refractivity contribution in [2.24, 2.45) is 5.14 Å². The van der Waals surface area contributed by atoms with E-state index in [-0.39, 0.29) is 15.6 Å². The highest BCUT2D eigenvalue weighted by Crippen LogP contribution is 2.21. The average Bonchev–Trinajstić information content (AvgIpc) is 3.23. The van der Waals surface area contributed by atoms with Crippen LogP contribution in [-0.4, -0.2) is 29.3 Å². The van der Waals surface area contributed by atoms with Gasteiger partial charge in [0, 0.05) is 16.1 Å². The lowest BCUT2D eigenvalue weighted by Crippen LogP contribution is -2.22. The van der Waals surface area contributed by atoms with Gasteiger partial charge >= 0.3 is 0 Å². The van der Waals surface area contributed by atoms with Crippen molar-refractivity contribution in [2.75, 3.05) is 11.3 Å². The zero-order chi connectivity index (χ0) is 23.4. The third-order valence-electron chi connectivity index (χ3n) is 4.18. The Morgan fingerprint density at radius 1 is 0.969 bits per heavy atom. The quantitative estimate of drug-likeness (QED) is 0.416. The van der Waals surface area contributed by atoms with E-state index in [1.54, 1.807) is 18.2 Å². The molecule has 32 heavy (non-hydrogen) atoms. The van der Waals surface area contributed by atoms with Gasteiger partial charge in [-0.3, -0.25) is 9.52 Å². The number of carbonyl (C=O) groups excluding carboxylic acids is 1. The van der Waals surface area contributed by atoms with Crippen LogP contribution in [0.5, 0.6) is 5.75 Å². The number of nitrogens with one attached hydrogen (secondary N) is 2. The number of ether oxygens (including phenoxy) is 1. The Bertz CT molecular complexity index is 1300. The number of sulfonamides is 2. The summed E-state index contributed by atoms with van der Waals surface area (Å²) >= 11 is 0.975. The molecule has 0 fully saturated rings. The van der Waals surface area contributed by atoms with Crippen molar-refractivity contribution in [3.63, 3.8) is 0 Å². The molecule has 0 aliphatic rings. The van der Waals surface area contributed by atoms with Gasteiger partial charge in [0.25, 0.3) is 15.9 Å². The largest absolute Gasteiger partial charge is 0.494 e. The van der Waals surface area contributed by atoms with Gasteiger partial charge in [0.15, 0.2) is 0 Å². The van der Waals surface area contributed by atoms with Crippen molar-refractivity contribution in [1.82, 2.24) is 5.32 Å². The zero-order valence-electron chi connectivity index (χ0n) is 16.9. The summed E-state index contributed by atoms with van der Waals surface area (Å²) in [6, 6.07) is 14.9. The van der Waals surface area contributed by atoms with Gasteiger partial charge in [-0.1, -0.05) is 0 Å². The van der Waals surface area contributed by atoms with E-state index in [0.717, 1.165) is 11.3 Å². The highest BCUT2D eigenvalue weighted by atomic mass is 32.2. The number of carbonyl (C=O) groups is 1. The van der Waals surface area contributed by atoms with Crippen molar-refractivity contribution >= 4 is 43.0 Å². The first-order chi connectivity index (χ1) is 15.1. The predicted molar refractivity (Wildman–Crippen MR) is 122 cm³/mol. The normalized spacial score (nSPS) is 11.7. The molecule has 1 amide bonds. The van der Waals surface area contributed by atoms with E-state index in [4.69, 9.17) is 9.88 Å². The Morgan fingerprint density at radius 2 is 1.62 bits per heavy atom. The fourth-order valence-electron chi connectivity index (χ4n) is 2.66. The Kier molecular flexibility index (Phi) is 7.19. The maximum atomic E-state index is 12.5. The van der Waals surface area contributed by atoms with E-state index in [0.29, 0.717) is 28.5 Å². The number of rotatable bonds is 9. The maximum absolute atomic E-state index is 12.5. The third-order valence-corrected chi connectivity index (χ3v) is 8.11. The molecule has 0 aliphatic carbocycles. The van der Waals surface area contributed by atoms with Crippen LogP contribution < -0.4 is 19.9 Å². The predicted octanol–water partition coefficient (Wildman–Crippen LogP) is 2.53. The molecule has 4 N–H and O–H groups in total. The van der Waals surface area contributed by atoms with E-state index in [9.17, 15) is 21.6 Å². The minimum atomic E-state index is -3.80. The molecule has 9 nitrogen and oxygen atoms in total. The van der Waals surface area contributed by atoms with Crippen molar-refractivity contribution in [1.29, 1.82) is 0 Å². The molecular weight excluding hydrogens is 474 g/mol. The number of hydrogen-bond acceptors (Lipinski definition) is 7. The second-order valence-corrected chi connectivity index (χ2v) is 11.2. The van der Waals surface area contributed by atoms with Gasteiger partial charge in [0.05, 0.1) is 18.0 Å². The summed E-state index contributed by atoms with van der Waals surface area (Å²) in [7, 11) is -7.57. The first-order valence-electron chi connectivity index (χ1n) is 9.34. The third kappa shape index (κ3) is 6.07. The van der Waals surface area contributed by atoms with E-state index in [2.05, 4.69) is 10.0 Å². The minimum Gasteiger partial charge on any atom is -0.494 e. The number of thiophene rings is 1. The SMILES string of the molecule is CCOc1ccc(S(=O)(=O)Nc2ccc(C(=O)NCc3ccc(S(N)(=O)=O)s3)cc2)cc1. The highest BCUT2D eigenvalue weighted by Gasteiger charge is 2.15. The molecule has 2 aromatic carbocycles. The standard InChI is InChI=1S/C20H21N3O6S3/c1-2-29-16-7-10-18(11-8-16)32(27,28)23-15-5-3-14(4-6-15)20(24)22-13-17-9-12-19(30-17)31(21,25)26/h3-12,23H,2,13H2,1H3,(H,22,24)(H2,21,25,26). The summed E-state index contributed by atoms with van der Waals surface area (Å²) < 4.78 is 55.5. The van der Waals surface area contributed by atoms with E-state index in [1.165, 1.54) is 42.5 Å². The molecule has 170 valence electrons. The van der Waals surface area contributed by atoms with Crippen LogP contribution in [0.15, 0.2) is 69.8 Å². The lowest BCUT2D eigenvalue weighted by molar-refractivity contribution is 0.0951. The molecule has 12 heteroatoms. The number of hydrogen-bond donors (Lipinski definition) is 3. The van der Waals surface area contributed by atoms with Gasteiger partial charge in [-0.05, 0) is 67.6 Å². The average molecular weight is 496 g/mol. The van der Waals surface area contributed by atoms with Crippen LogP contribution in [0, 0.1) is 0 Å². The molecular formula is C20H21N3O6S3. The van der Waals surface area contributed by atoms with Crippen molar-refractivity contribution in [2.45, 2.75) is 22.6 Å². The minimum absolute atomic E-state index is 0.0194. The monoisotopic (exact) mass is 495 g/mol. The molecule has 0 saturated carbocycles. The Labute approximate surface area is 190 Å². The molecule has 0 bridgehead atoms. The van der Waals surface area contributed by atoms with Crippen LogP contribution in [0.25, 0.3) is 0 Å². The van der Waals surface area contributed by atoms with E-state index >= 15 is 0 Å². The summed E-state index contributed by atoms with van der Waals surface area (Å²) in [5, 5.41) is 7.75. The molecule has 0 saturated heterocycles. The molecule has 0 radical (unpaired) electrons. The van der Waals surface area contributed by atoms with Gasteiger partial charge in [0.1, 0.15) is 9.96 Å². The summed E-state index contributed by atoms with van der Waals surface area (Å²) in [5.41, 5.74) is 0.615. The van der Waals surface area contributed by atoms with Crippen LogP contribution in [0.2, 0.25) is 0 Å². The molecule has 3 aromatic rings. The van der Waals surface area contributed by atoms with Gasteiger partial charge in [-0.25, -0.2) is 22.0 Å². The fraction of sp³-hybridized carbons (Fsp3) is 0.150. The molecule has 1 heterocycles. The fourth-order valence-corrected chi connectivity index (χ4v) is 5.44. The van der Waals surface area contributed by atoms with Gasteiger partial charge in [0.2, 0.25) is 10.0 Å². The molecule has 0 spiro atoms. The second kappa shape index (κ2) is 9.69. The smallest absolute Gasteiger partial charge is 0.261 e. The van der Waals surface area contributed by atoms with Crippen molar-refractivity contribution in [3.05, 3.63) is 71.1 Å². The lowest BCUT2D eigenvalue weighted by Gasteiger charge is -2.10. The first kappa shape index (κ1) is 23.7. The van der Waals surface area contributed by atoms with Crippen LogP contribution in [-0.2, 0) is 26.6 Å². The highest BCUT2D eigenvalue weighted by molar-refractivity contribution is 7.92. The Hall–Kier alpha value is -2.93. The van der Waals surface area contributed by atoms with Gasteiger partial charge in [-0.15, -0.1) is 11.3 Å². The Morgan fingerprint density at radius 3 is 2.19 bits per heavy atom. The van der Waals surface area contributed by atoms with Crippen LogP contribution in [0.1, 0.15) is 22.2 Å². The summed E-state index contributed by atoms with van der Waals surface area (Å²) in [4.78, 5) is 13.0. The summed E-state index contributed by atoms with van der Waals surface area (Å²) in [6.07, 6.45) is 0. The van der Waals surface area contributed by atoms with Crippen molar-refractivity contribution in [3.8, 4) is 5.75 Å². The van der Waals surface area contributed by atoms with E-state index < -0.39 is 26.0 Å². The van der Waals surface area contributed by atoms with Crippen LogP contribution in [0.4, 0.5) is 5.69 Å². The number of nitrogens with two attached hydrogens (primary N) is 1. The molecule has 0 atom stereocenters. The first-order valence-corrected chi connectivity index (χ1v) is 13.2. The zero-order valence-corrected chi connectivity index (χ0v) is 19.4. The number of anilines is 1. The number of amides is 1. The van der Waals surface area contributed by atoms with Crippen molar-refractivity contribution < 1.29 is 26.4 Å². The summed E-state index contributed by atoms with van der Waals surface area (Å²) in [6.45, 7) is 2.45. The topological polar surface area (TPSA) is 145 Å². The second-order valence-electron chi connectivity index (χ2n) is 6.54. The number of benzene rings is 2. The molecule has 0 unspecified atom stereocenters. The number of primary sulfonamides is 1. The van der Waals surface area contributed by atoms with Gasteiger partial charge in [-0.2, -0.15) is 0 Å². The van der Waals surface area contributed by atoms with E-state index in [1.807, 2.05) is 6.92 Å². The Balaban J connectivity index is 1.61. The molecule has 3 rings (SSSR count). The summed E-state index contributed by atoms with van der Waals surface area (Å²) in [5.74, 6) is 0.182. The molecule has 1 aromatic heterocycles. The lowest BCUT2D eigenvalue weighted by atomic mass is 10.2.